The topological polar surface area (TPSA) is 8.17 Å². The first-order chi connectivity index (χ1) is 27.0. The average Bonchev–Trinajstić information content (AvgIpc) is 3.90. The maximum Gasteiger partial charge on any atom is 0.0596 e. The van der Waals surface area contributed by atoms with Crippen LogP contribution in [0.5, 0.6) is 0 Å². The van der Waals surface area contributed by atoms with Crippen LogP contribution in [0.25, 0.3) is 79.0 Å². The van der Waals surface area contributed by atoms with Crippen molar-refractivity contribution in [3.05, 3.63) is 181 Å². The van der Waals surface area contributed by atoms with Gasteiger partial charge in [0.05, 0.1) is 16.7 Å². The van der Waals surface area contributed by atoms with E-state index in [1.807, 2.05) is 22.7 Å². The second-order valence-corrected chi connectivity index (χ2v) is 17.5. The van der Waals surface area contributed by atoms with Crippen LogP contribution in [0.1, 0.15) is 25.0 Å². The molecule has 0 saturated carbocycles. The number of nitrogens with zero attached hydrogens (tertiary/aromatic N) is 2. The molecule has 0 bridgehead atoms. The molecule has 0 amide bonds. The van der Waals surface area contributed by atoms with E-state index < -0.39 is 0 Å². The van der Waals surface area contributed by atoms with Gasteiger partial charge in [0.1, 0.15) is 0 Å². The Hall–Kier alpha value is -6.20. The highest BCUT2D eigenvalue weighted by Gasteiger charge is 2.36. The Kier molecular flexibility index (Phi) is 6.47. The van der Waals surface area contributed by atoms with E-state index in [0.29, 0.717) is 0 Å². The zero-order chi connectivity index (χ0) is 36.4. The minimum atomic E-state index is -0.178. The Bertz CT molecular complexity index is 3340. The predicted molar refractivity (Wildman–Crippen MR) is 239 cm³/mol. The summed E-state index contributed by atoms with van der Waals surface area (Å²) >= 11 is 3.79. The number of hydrogen-bond acceptors (Lipinski definition) is 3. The molecule has 1 aliphatic rings. The van der Waals surface area contributed by atoms with Crippen molar-refractivity contribution in [3.8, 4) is 16.8 Å². The lowest BCUT2D eigenvalue weighted by molar-refractivity contribution is 0.631. The molecule has 0 N–H and O–H groups in total. The molecule has 0 saturated heterocycles. The van der Waals surface area contributed by atoms with Crippen molar-refractivity contribution < 1.29 is 0 Å². The normalized spacial score (nSPS) is 13.4. The van der Waals surface area contributed by atoms with E-state index in [9.17, 15) is 0 Å². The summed E-state index contributed by atoms with van der Waals surface area (Å²) in [4.78, 5) is 2.37. The molecule has 4 heterocycles. The molecule has 0 spiro atoms. The highest BCUT2D eigenvalue weighted by Crippen LogP contribution is 2.53. The molecule has 55 heavy (non-hydrogen) atoms. The first kappa shape index (κ1) is 31.2. The molecular weight excluding hydrogens is 705 g/mol. The largest absolute Gasteiger partial charge is 0.310 e. The van der Waals surface area contributed by atoms with Gasteiger partial charge in [-0.1, -0.05) is 111 Å². The number of thiophene rings is 2. The van der Waals surface area contributed by atoms with Gasteiger partial charge >= 0.3 is 0 Å². The maximum atomic E-state index is 2.56. The molecule has 11 aromatic rings. The average molecular weight is 739 g/mol. The van der Waals surface area contributed by atoms with Gasteiger partial charge in [-0.2, -0.15) is 0 Å². The van der Waals surface area contributed by atoms with Gasteiger partial charge in [-0.3, -0.25) is 0 Å². The third-order valence-corrected chi connectivity index (χ3v) is 14.3. The monoisotopic (exact) mass is 738 g/mol. The first-order valence-electron chi connectivity index (χ1n) is 18.9. The van der Waals surface area contributed by atoms with Gasteiger partial charge in [0.25, 0.3) is 0 Å². The molecule has 3 aromatic heterocycles. The van der Waals surface area contributed by atoms with Crippen molar-refractivity contribution in [1.82, 2.24) is 4.57 Å². The van der Waals surface area contributed by atoms with Crippen molar-refractivity contribution in [2.24, 2.45) is 0 Å². The lowest BCUT2D eigenvalue weighted by Gasteiger charge is -2.35. The summed E-state index contributed by atoms with van der Waals surface area (Å²) in [5, 5.41) is 8.04. The quantitative estimate of drug-likeness (QED) is 0.175. The Morgan fingerprint density at radius 1 is 0.455 bits per heavy atom. The zero-order valence-electron chi connectivity index (χ0n) is 30.4. The summed E-state index contributed by atoms with van der Waals surface area (Å²) in [6.45, 7) is 4.82. The van der Waals surface area contributed by atoms with Crippen LogP contribution >= 0.6 is 22.7 Å². The van der Waals surface area contributed by atoms with E-state index in [4.69, 9.17) is 0 Å². The molecule has 0 radical (unpaired) electrons. The van der Waals surface area contributed by atoms with Gasteiger partial charge < -0.3 is 9.47 Å². The maximum absolute atomic E-state index is 2.56. The van der Waals surface area contributed by atoms with Crippen LogP contribution in [0.2, 0.25) is 0 Å². The van der Waals surface area contributed by atoms with Crippen molar-refractivity contribution in [3.63, 3.8) is 0 Å². The second kappa shape index (κ2) is 11.4. The van der Waals surface area contributed by atoms with E-state index in [2.05, 4.69) is 193 Å². The Balaban J connectivity index is 1.02. The number of benzene rings is 8. The van der Waals surface area contributed by atoms with Crippen LogP contribution in [0.15, 0.2) is 170 Å². The number of fused-ring (bicyclic) bond motifs is 12. The van der Waals surface area contributed by atoms with Gasteiger partial charge in [-0.25, -0.2) is 0 Å². The summed E-state index contributed by atoms with van der Waals surface area (Å²) in [5.74, 6) is 0. The lowest BCUT2D eigenvalue weighted by Crippen LogP contribution is -2.26. The molecule has 2 nitrogen and oxygen atoms in total. The Labute approximate surface area is 326 Å². The van der Waals surface area contributed by atoms with Crippen molar-refractivity contribution >= 4 is 102 Å². The predicted octanol–water partition coefficient (Wildman–Crippen LogP) is 15.3. The highest BCUT2D eigenvalue weighted by molar-refractivity contribution is 7.27. The molecule has 0 fully saturated rings. The van der Waals surface area contributed by atoms with E-state index in [1.54, 1.807) is 0 Å². The smallest absolute Gasteiger partial charge is 0.0596 e. The highest BCUT2D eigenvalue weighted by atomic mass is 32.1. The molecule has 4 heteroatoms. The van der Waals surface area contributed by atoms with Crippen LogP contribution in [0.4, 0.5) is 17.1 Å². The third kappa shape index (κ3) is 4.41. The number of aromatic nitrogens is 1. The number of hydrogen-bond donors (Lipinski definition) is 0. The number of rotatable bonds is 4. The summed E-state index contributed by atoms with van der Waals surface area (Å²) in [6.07, 6.45) is 0. The molecule has 0 aliphatic carbocycles. The molecule has 8 aromatic carbocycles. The first-order valence-corrected chi connectivity index (χ1v) is 20.6. The summed E-state index contributed by atoms with van der Waals surface area (Å²) < 4.78 is 7.93. The molecule has 0 atom stereocenters. The summed E-state index contributed by atoms with van der Waals surface area (Å²) in [5.41, 5.74) is 12.3. The van der Waals surface area contributed by atoms with Crippen molar-refractivity contribution in [2.75, 3.05) is 4.90 Å². The number of anilines is 3. The van der Waals surface area contributed by atoms with Crippen LogP contribution in [0, 0.1) is 0 Å². The molecular formula is C51H34N2S2. The SMILES string of the molecule is CC1(C)c2ccc(-c3ccc(N(c4ccccc4)c4ccc5sc6ccccc6c5c4)cc3)cc2-n2c3ccccc3c3c4sc5ccccc5c4cc1c32. The molecule has 260 valence electrons. The standard InChI is InChI=1S/C51H34N2S2/c1-51(2)41-26-22-32(28-44(41)53-43-17-9-6-16-38(43)48-49(53)42(51)30-40-37-15-8-11-19-46(37)55-50(40)48)31-20-23-34(24-21-31)52(33-12-4-3-5-13-33)35-25-27-47-39(29-35)36-14-7-10-18-45(36)54-47/h3-30H,1-2H3. The zero-order valence-corrected chi connectivity index (χ0v) is 32.0. The number of para-hydroxylation sites is 2. The second-order valence-electron chi connectivity index (χ2n) is 15.3. The fourth-order valence-electron chi connectivity index (χ4n) is 9.31. The van der Waals surface area contributed by atoms with Crippen molar-refractivity contribution in [2.45, 2.75) is 19.3 Å². The van der Waals surface area contributed by atoms with Gasteiger partial charge in [0.2, 0.25) is 0 Å². The van der Waals surface area contributed by atoms with Crippen LogP contribution in [0.3, 0.4) is 0 Å². The fraction of sp³-hybridized carbons (Fsp3) is 0.0588. The van der Waals surface area contributed by atoms with Gasteiger partial charge in [-0.15, -0.1) is 22.7 Å². The van der Waals surface area contributed by atoms with Crippen LogP contribution in [-0.4, -0.2) is 4.57 Å². The Morgan fingerprint density at radius 2 is 1.07 bits per heavy atom. The molecule has 0 unspecified atom stereocenters. The van der Waals surface area contributed by atoms with E-state index in [1.165, 1.54) is 90.1 Å². The Morgan fingerprint density at radius 3 is 1.87 bits per heavy atom. The summed E-state index contributed by atoms with van der Waals surface area (Å²) in [7, 11) is 0. The van der Waals surface area contributed by atoms with E-state index in [0.717, 1.165) is 17.1 Å². The van der Waals surface area contributed by atoms with Crippen molar-refractivity contribution in [1.29, 1.82) is 0 Å². The lowest BCUT2D eigenvalue weighted by atomic mass is 9.74. The van der Waals surface area contributed by atoms with Gasteiger partial charge in [0, 0.05) is 73.6 Å². The van der Waals surface area contributed by atoms with Gasteiger partial charge in [-0.05, 0) is 95.1 Å². The summed E-state index contributed by atoms with van der Waals surface area (Å²) in [6, 6.07) is 63.0. The minimum absolute atomic E-state index is 0.178. The van der Waals surface area contributed by atoms with Gasteiger partial charge in [0.15, 0.2) is 0 Å². The van der Waals surface area contributed by atoms with Crippen LogP contribution in [-0.2, 0) is 5.41 Å². The third-order valence-electron chi connectivity index (χ3n) is 12.0. The van der Waals surface area contributed by atoms with E-state index in [-0.39, 0.29) is 5.41 Å². The van der Waals surface area contributed by atoms with E-state index >= 15 is 0 Å². The van der Waals surface area contributed by atoms with Crippen LogP contribution < -0.4 is 4.90 Å². The minimum Gasteiger partial charge on any atom is -0.310 e. The fourth-order valence-corrected chi connectivity index (χ4v) is 11.6. The molecule has 12 rings (SSSR count). The molecule has 1 aliphatic heterocycles.